The molecule has 0 N–H and O–H groups in total. The molecule has 0 saturated heterocycles. The molecule has 4 aromatic heterocycles. The molecule has 0 amide bonds. The molecule has 0 aliphatic heterocycles. The number of benzene rings is 4. The zero-order chi connectivity index (χ0) is 40.1. The van der Waals surface area contributed by atoms with E-state index in [4.69, 9.17) is 18.5 Å². The number of halogens is 1. The minimum atomic E-state index is -2.32. The predicted molar refractivity (Wildman–Crippen MR) is 215 cm³/mol. The van der Waals surface area contributed by atoms with Gasteiger partial charge in [-0.05, 0) is 64.3 Å². The number of hydrogen-bond donors (Lipinski definition) is 0. The van der Waals surface area contributed by atoms with Crippen LogP contribution in [0, 0.1) is 31.7 Å². The van der Waals surface area contributed by atoms with Gasteiger partial charge in [-0.25, -0.2) is 4.98 Å². The van der Waals surface area contributed by atoms with Crippen LogP contribution < -0.4 is 0 Å². The van der Waals surface area contributed by atoms with Crippen LogP contribution in [-0.4, -0.2) is 19.5 Å². The van der Waals surface area contributed by atoms with Gasteiger partial charge in [0.2, 0.25) is 0 Å². The molecule has 0 saturated carbocycles. The SMILES string of the molecule is CC(C)c1cccc(C(C)C)c1-n1c(-c2[c-]ccc3c2oc2ccccc23)nc2cc(C(C)(C)C)cnc21.[2H]C([2H])([2H])c1c[c-]c(-c2ccc(C)cn2)c(F)c1.[Ir]. The van der Waals surface area contributed by atoms with Gasteiger partial charge < -0.3 is 14.0 Å². The molecule has 0 aliphatic carbocycles. The molecule has 277 valence electrons. The van der Waals surface area contributed by atoms with Crippen LogP contribution in [0.2, 0.25) is 0 Å². The summed E-state index contributed by atoms with van der Waals surface area (Å²) in [6, 6.07) is 33.0. The largest absolute Gasteiger partial charge is 0.501 e. The first-order chi connectivity index (χ1) is 26.5. The quantitative estimate of drug-likeness (QED) is 0.162. The van der Waals surface area contributed by atoms with Gasteiger partial charge in [-0.1, -0.05) is 120 Å². The van der Waals surface area contributed by atoms with E-state index in [1.165, 1.54) is 17.2 Å². The van der Waals surface area contributed by atoms with E-state index >= 15 is 0 Å². The van der Waals surface area contributed by atoms with Crippen molar-refractivity contribution in [3.63, 3.8) is 0 Å². The summed E-state index contributed by atoms with van der Waals surface area (Å²) in [5.41, 5.74) is 10.6. The predicted octanol–water partition coefficient (Wildman–Crippen LogP) is 12.6. The zero-order valence-corrected chi connectivity index (χ0v) is 34.2. The summed E-state index contributed by atoms with van der Waals surface area (Å²) < 4.78 is 44.2. The van der Waals surface area contributed by atoms with E-state index in [0.29, 0.717) is 17.5 Å². The first-order valence-corrected chi connectivity index (χ1v) is 18.0. The Morgan fingerprint density at radius 2 is 1.56 bits per heavy atom. The molecule has 54 heavy (non-hydrogen) atoms. The van der Waals surface area contributed by atoms with Crippen LogP contribution in [0.25, 0.3) is 61.4 Å². The number of hydrogen-bond acceptors (Lipinski definition) is 4. The Bertz CT molecular complexity index is 2680. The average Bonchev–Trinajstić information content (AvgIpc) is 3.73. The standard InChI is InChI=1S/C34H34N3O.C13H11FN.Ir/c1-20(2)23-13-10-14-24(21(3)4)30(23)37-32(36-28-18-22(34(5,6)7)19-35-33(28)37)27-16-11-15-26-25-12-8-9-17-29(25)38-31(26)27;1-9-3-5-11(12(14)7-9)13-6-4-10(2)8-15-13;/h8-15,17-21H,1-7H3;3-4,6-8H,1-2H3;/q2*-1;/i;1D3;. The average molecular weight is 896 g/mol. The third-order valence-corrected chi connectivity index (χ3v) is 9.55. The number of fused-ring (bicyclic) bond motifs is 4. The molecule has 7 heteroatoms. The van der Waals surface area contributed by atoms with Crippen molar-refractivity contribution in [1.29, 1.82) is 0 Å². The number of para-hydroxylation sites is 2. The fourth-order valence-corrected chi connectivity index (χ4v) is 6.66. The molecule has 5 nitrogen and oxygen atoms in total. The van der Waals surface area contributed by atoms with Gasteiger partial charge >= 0.3 is 0 Å². The maximum atomic E-state index is 13.8. The van der Waals surface area contributed by atoms with E-state index in [-0.39, 0.29) is 36.6 Å². The molecule has 4 heterocycles. The van der Waals surface area contributed by atoms with E-state index in [1.807, 2.05) is 37.4 Å². The van der Waals surface area contributed by atoms with E-state index in [1.54, 1.807) is 12.3 Å². The van der Waals surface area contributed by atoms with Crippen LogP contribution in [0.3, 0.4) is 0 Å². The minimum Gasteiger partial charge on any atom is -0.501 e. The summed E-state index contributed by atoms with van der Waals surface area (Å²) in [4.78, 5) is 14.4. The van der Waals surface area contributed by atoms with Crippen LogP contribution in [0.1, 0.15) is 92.2 Å². The van der Waals surface area contributed by atoms with Gasteiger partial charge in [0, 0.05) is 53.5 Å². The van der Waals surface area contributed by atoms with Gasteiger partial charge in [-0.2, -0.15) is 0 Å². The van der Waals surface area contributed by atoms with Gasteiger partial charge in [0.1, 0.15) is 5.58 Å². The van der Waals surface area contributed by atoms with Crippen molar-refractivity contribution >= 4 is 33.1 Å². The molecule has 0 bridgehead atoms. The van der Waals surface area contributed by atoms with Crippen LogP contribution in [0.5, 0.6) is 0 Å². The normalized spacial score (nSPS) is 12.8. The molecule has 8 rings (SSSR count). The van der Waals surface area contributed by atoms with Crippen molar-refractivity contribution in [2.75, 3.05) is 0 Å². The van der Waals surface area contributed by atoms with Crippen LogP contribution >= 0.6 is 0 Å². The summed E-state index contributed by atoms with van der Waals surface area (Å²) in [6.45, 7) is 15.2. The maximum absolute atomic E-state index is 13.8. The first-order valence-electron chi connectivity index (χ1n) is 19.5. The van der Waals surface area contributed by atoms with Gasteiger partial charge in [0.05, 0.1) is 16.9 Å². The topological polar surface area (TPSA) is 56.7 Å². The molecule has 4 aromatic carbocycles. The van der Waals surface area contributed by atoms with E-state index < -0.39 is 12.7 Å². The number of aromatic nitrogens is 4. The molecule has 0 fully saturated rings. The Morgan fingerprint density at radius 3 is 2.20 bits per heavy atom. The Labute approximate surface area is 335 Å². The summed E-state index contributed by atoms with van der Waals surface area (Å²) in [6.07, 6.45) is 3.63. The number of rotatable bonds is 5. The molecular formula is C47H45FIrN4O-2. The summed E-state index contributed by atoms with van der Waals surface area (Å²) in [5, 5.41) is 2.16. The summed E-state index contributed by atoms with van der Waals surface area (Å²) >= 11 is 0. The van der Waals surface area contributed by atoms with Gasteiger partial charge in [0.15, 0.2) is 5.65 Å². The third kappa shape index (κ3) is 7.40. The molecule has 8 aromatic rings. The third-order valence-electron chi connectivity index (χ3n) is 9.55. The fraction of sp³-hybridized carbons (Fsp3) is 0.255. The van der Waals surface area contributed by atoms with Gasteiger partial charge in [0.25, 0.3) is 0 Å². The van der Waals surface area contributed by atoms with E-state index in [0.717, 1.165) is 67.4 Å². The monoisotopic (exact) mass is 896 g/mol. The number of imidazole rings is 1. The van der Waals surface area contributed by atoms with Crippen molar-refractivity contribution in [2.45, 2.75) is 79.5 Å². The van der Waals surface area contributed by atoms with Gasteiger partial charge in [-0.3, -0.25) is 9.37 Å². The smallest absolute Gasteiger partial charge is 0.155 e. The van der Waals surface area contributed by atoms with Crippen molar-refractivity contribution in [3.05, 3.63) is 143 Å². The molecular weight excluding hydrogens is 848 g/mol. The second kappa shape index (κ2) is 15.4. The molecule has 0 spiro atoms. The Balaban J connectivity index is 0.000000244. The number of furan rings is 1. The molecule has 1 radical (unpaired) electrons. The number of nitrogens with zero attached hydrogens (tertiary/aromatic N) is 4. The van der Waals surface area contributed by atoms with Crippen LogP contribution in [0.4, 0.5) is 4.39 Å². The maximum Gasteiger partial charge on any atom is 0.155 e. The first kappa shape index (κ1) is 34.8. The fourth-order valence-electron chi connectivity index (χ4n) is 6.66. The Hall–Kier alpha value is -4.97. The van der Waals surface area contributed by atoms with Crippen molar-refractivity contribution < 1.29 is 33.0 Å². The van der Waals surface area contributed by atoms with Crippen molar-refractivity contribution in [2.24, 2.45) is 0 Å². The molecule has 0 atom stereocenters. The van der Waals surface area contributed by atoms with Crippen LogP contribution in [0.15, 0.2) is 102 Å². The molecule has 0 aliphatic rings. The molecule has 0 unspecified atom stereocenters. The second-order valence-electron chi connectivity index (χ2n) is 15.2. The Morgan fingerprint density at radius 1 is 0.815 bits per heavy atom. The minimum absolute atomic E-state index is 0. The second-order valence-corrected chi connectivity index (χ2v) is 15.2. The number of aryl methyl sites for hydroxylation is 2. The van der Waals surface area contributed by atoms with Crippen molar-refractivity contribution in [1.82, 2.24) is 19.5 Å². The Kier molecular flexibility index (Phi) is 9.92. The van der Waals surface area contributed by atoms with E-state index in [2.05, 4.69) is 113 Å². The summed E-state index contributed by atoms with van der Waals surface area (Å²) in [7, 11) is 0. The van der Waals surface area contributed by atoms with Crippen LogP contribution in [-0.2, 0) is 25.5 Å². The van der Waals surface area contributed by atoms with Crippen molar-refractivity contribution in [3.8, 4) is 28.3 Å². The number of pyridine rings is 2. The summed E-state index contributed by atoms with van der Waals surface area (Å²) in [5.74, 6) is 0.834. The van der Waals surface area contributed by atoms with E-state index in [9.17, 15) is 4.39 Å². The zero-order valence-electron chi connectivity index (χ0n) is 34.8. The van der Waals surface area contributed by atoms with Gasteiger partial charge in [-0.15, -0.1) is 42.0 Å².